The lowest BCUT2D eigenvalue weighted by Gasteiger charge is -2.02. The van der Waals surface area contributed by atoms with Crippen LogP contribution >= 0.6 is 11.8 Å². The highest BCUT2D eigenvalue weighted by Crippen LogP contribution is 2.19. The molecule has 0 bridgehead atoms. The molecule has 6 heteroatoms. The molecule has 0 radical (unpaired) electrons. The third-order valence-electron chi connectivity index (χ3n) is 3.41. The standard InChI is InChI=1S/C19H12N2O3S/c20-12-25-15-8-6-14(7-9-15)21-18(22)10-5-13-11-24-17-4-2-1-3-16(17)19(13)23/h1-11H,(H,21,22)/b10-5+. The van der Waals surface area contributed by atoms with Crippen LogP contribution in [0.1, 0.15) is 5.56 Å². The average Bonchev–Trinajstić information content (AvgIpc) is 2.63. The van der Waals surface area contributed by atoms with E-state index in [-0.39, 0.29) is 11.3 Å². The summed E-state index contributed by atoms with van der Waals surface area (Å²) < 4.78 is 5.40. The van der Waals surface area contributed by atoms with Gasteiger partial charge in [0.2, 0.25) is 5.91 Å². The first-order valence-corrected chi connectivity index (χ1v) is 8.14. The summed E-state index contributed by atoms with van der Waals surface area (Å²) in [5.41, 5.74) is 1.21. The molecule has 3 rings (SSSR count). The molecule has 0 saturated carbocycles. The molecule has 0 atom stereocenters. The molecule has 0 aliphatic rings. The summed E-state index contributed by atoms with van der Waals surface area (Å²) in [5, 5.41) is 13.7. The Labute approximate surface area is 147 Å². The van der Waals surface area contributed by atoms with Crippen LogP contribution in [0.5, 0.6) is 0 Å². The average molecular weight is 348 g/mol. The molecule has 0 aliphatic heterocycles. The van der Waals surface area contributed by atoms with E-state index in [1.165, 1.54) is 18.4 Å². The third-order valence-corrected chi connectivity index (χ3v) is 4.01. The first kappa shape index (κ1) is 16.6. The zero-order valence-electron chi connectivity index (χ0n) is 12.9. The third kappa shape index (κ3) is 3.97. The maximum Gasteiger partial charge on any atom is 0.248 e. The van der Waals surface area contributed by atoms with Gasteiger partial charge in [-0.15, -0.1) is 0 Å². The molecule has 1 aromatic heterocycles. The zero-order chi connectivity index (χ0) is 17.6. The fourth-order valence-electron chi connectivity index (χ4n) is 2.22. The number of benzene rings is 2. The number of hydrogen-bond acceptors (Lipinski definition) is 5. The number of amides is 1. The smallest absolute Gasteiger partial charge is 0.248 e. The van der Waals surface area contributed by atoms with Crippen molar-refractivity contribution < 1.29 is 9.21 Å². The summed E-state index contributed by atoms with van der Waals surface area (Å²) in [6.07, 6.45) is 4.04. The van der Waals surface area contributed by atoms with Crippen LogP contribution in [0, 0.1) is 10.7 Å². The van der Waals surface area contributed by atoms with Crippen LogP contribution in [-0.4, -0.2) is 5.91 Å². The van der Waals surface area contributed by atoms with E-state index in [2.05, 4.69) is 5.32 Å². The Balaban J connectivity index is 1.73. The van der Waals surface area contributed by atoms with Crippen molar-refractivity contribution in [3.63, 3.8) is 0 Å². The van der Waals surface area contributed by atoms with E-state index in [1.54, 1.807) is 48.5 Å². The van der Waals surface area contributed by atoms with Crippen molar-refractivity contribution in [2.75, 3.05) is 5.32 Å². The Bertz CT molecular complexity index is 1050. The van der Waals surface area contributed by atoms with Crippen molar-refractivity contribution in [3.8, 4) is 5.40 Å². The SMILES string of the molecule is N#CSc1ccc(NC(=O)/C=C/c2coc3ccccc3c2=O)cc1. The summed E-state index contributed by atoms with van der Waals surface area (Å²) in [5.74, 6) is -0.367. The van der Waals surface area contributed by atoms with Crippen LogP contribution in [-0.2, 0) is 4.79 Å². The van der Waals surface area contributed by atoms with Gasteiger partial charge in [0.15, 0.2) is 5.43 Å². The van der Waals surface area contributed by atoms with E-state index in [0.29, 0.717) is 22.2 Å². The molecule has 1 heterocycles. The molecule has 1 N–H and O–H groups in total. The van der Waals surface area contributed by atoms with Crippen molar-refractivity contribution >= 4 is 40.4 Å². The fourth-order valence-corrected chi connectivity index (χ4v) is 2.59. The van der Waals surface area contributed by atoms with Gasteiger partial charge in [0, 0.05) is 16.7 Å². The molecular weight excluding hydrogens is 336 g/mol. The maximum absolute atomic E-state index is 12.3. The molecule has 0 unspecified atom stereocenters. The Kier molecular flexibility index (Phi) is 4.97. The molecule has 0 saturated heterocycles. The molecule has 3 aromatic rings. The zero-order valence-corrected chi connectivity index (χ0v) is 13.7. The molecule has 122 valence electrons. The predicted molar refractivity (Wildman–Crippen MR) is 98.1 cm³/mol. The van der Waals surface area contributed by atoms with E-state index >= 15 is 0 Å². The highest BCUT2D eigenvalue weighted by atomic mass is 32.2. The number of fused-ring (bicyclic) bond motifs is 1. The topological polar surface area (TPSA) is 83.1 Å². The van der Waals surface area contributed by atoms with Gasteiger partial charge in [0.25, 0.3) is 0 Å². The van der Waals surface area contributed by atoms with Crippen LogP contribution in [0.3, 0.4) is 0 Å². The van der Waals surface area contributed by atoms with Crippen molar-refractivity contribution in [2.45, 2.75) is 4.90 Å². The summed E-state index contributed by atoms with van der Waals surface area (Å²) >= 11 is 1.05. The van der Waals surface area contributed by atoms with E-state index in [9.17, 15) is 9.59 Å². The van der Waals surface area contributed by atoms with Gasteiger partial charge in [-0.2, -0.15) is 5.26 Å². The molecule has 0 aliphatic carbocycles. The predicted octanol–water partition coefficient (Wildman–Crippen LogP) is 4.02. The lowest BCUT2D eigenvalue weighted by atomic mass is 10.1. The number of rotatable bonds is 4. The number of nitrogens with zero attached hydrogens (tertiary/aromatic N) is 1. The van der Waals surface area contributed by atoms with Crippen LogP contribution in [0.15, 0.2) is 75.0 Å². The number of hydrogen-bond donors (Lipinski definition) is 1. The normalized spacial score (nSPS) is 10.7. The summed E-state index contributed by atoms with van der Waals surface area (Å²) in [7, 11) is 0. The second kappa shape index (κ2) is 7.51. The van der Waals surface area contributed by atoms with E-state index < -0.39 is 0 Å². The summed E-state index contributed by atoms with van der Waals surface area (Å²) in [6.45, 7) is 0. The van der Waals surface area contributed by atoms with Crippen molar-refractivity contribution in [3.05, 3.63) is 76.7 Å². The Hall–Kier alpha value is -3.30. The minimum Gasteiger partial charge on any atom is -0.463 e. The van der Waals surface area contributed by atoms with Crippen LogP contribution in [0.2, 0.25) is 0 Å². The first-order chi connectivity index (χ1) is 12.2. The molecular formula is C19H12N2O3S. The largest absolute Gasteiger partial charge is 0.463 e. The van der Waals surface area contributed by atoms with E-state index in [0.717, 1.165) is 16.7 Å². The van der Waals surface area contributed by atoms with Gasteiger partial charge >= 0.3 is 0 Å². The number of carbonyl (C=O) groups is 1. The number of thiocyanates is 1. The Morgan fingerprint density at radius 3 is 2.68 bits per heavy atom. The highest BCUT2D eigenvalue weighted by Gasteiger charge is 2.05. The van der Waals surface area contributed by atoms with Gasteiger partial charge < -0.3 is 9.73 Å². The molecule has 0 spiro atoms. The van der Waals surface area contributed by atoms with Gasteiger partial charge in [0.05, 0.1) is 10.9 Å². The van der Waals surface area contributed by atoms with Gasteiger partial charge in [-0.3, -0.25) is 9.59 Å². The van der Waals surface area contributed by atoms with Crippen molar-refractivity contribution in [1.29, 1.82) is 5.26 Å². The second-order valence-electron chi connectivity index (χ2n) is 5.06. The molecule has 0 fully saturated rings. The lowest BCUT2D eigenvalue weighted by molar-refractivity contribution is -0.111. The monoisotopic (exact) mass is 348 g/mol. The van der Waals surface area contributed by atoms with Gasteiger partial charge in [-0.05, 0) is 54.2 Å². The Morgan fingerprint density at radius 2 is 1.92 bits per heavy atom. The van der Waals surface area contributed by atoms with Crippen LogP contribution in [0.25, 0.3) is 17.0 Å². The molecule has 1 amide bonds. The lowest BCUT2D eigenvalue weighted by Crippen LogP contribution is -2.09. The van der Waals surface area contributed by atoms with Crippen molar-refractivity contribution in [2.24, 2.45) is 0 Å². The second-order valence-corrected chi connectivity index (χ2v) is 5.91. The fraction of sp³-hybridized carbons (Fsp3) is 0. The first-order valence-electron chi connectivity index (χ1n) is 7.33. The number of anilines is 1. The van der Waals surface area contributed by atoms with Gasteiger partial charge in [0.1, 0.15) is 17.2 Å². The maximum atomic E-state index is 12.3. The highest BCUT2D eigenvalue weighted by molar-refractivity contribution is 8.03. The van der Waals surface area contributed by atoms with E-state index in [4.69, 9.17) is 9.68 Å². The number of nitriles is 1. The molecule has 5 nitrogen and oxygen atoms in total. The Morgan fingerprint density at radius 1 is 1.16 bits per heavy atom. The van der Waals surface area contributed by atoms with E-state index in [1.807, 2.05) is 5.40 Å². The number of para-hydroxylation sites is 1. The number of nitrogens with one attached hydrogen (secondary N) is 1. The van der Waals surface area contributed by atoms with Crippen molar-refractivity contribution in [1.82, 2.24) is 0 Å². The minimum atomic E-state index is -0.367. The summed E-state index contributed by atoms with van der Waals surface area (Å²) in [4.78, 5) is 25.1. The van der Waals surface area contributed by atoms with Gasteiger partial charge in [-0.1, -0.05) is 12.1 Å². The van der Waals surface area contributed by atoms with Crippen LogP contribution < -0.4 is 10.7 Å². The quantitative estimate of drug-likeness (QED) is 0.437. The van der Waals surface area contributed by atoms with Gasteiger partial charge in [-0.25, -0.2) is 0 Å². The summed E-state index contributed by atoms with van der Waals surface area (Å²) in [6, 6.07) is 13.8. The molecule has 2 aromatic carbocycles. The minimum absolute atomic E-state index is 0.191. The van der Waals surface area contributed by atoms with Crippen LogP contribution in [0.4, 0.5) is 5.69 Å². The number of carbonyl (C=O) groups excluding carboxylic acids is 1. The molecule has 25 heavy (non-hydrogen) atoms. The number of thioether (sulfide) groups is 1.